The van der Waals surface area contributed by atoms with E-state index in [9.17, 15) is 0 Å². The van der Waals surface area contributed by atoms with Gasteiger partial charge in [-0.2, -0.15) is 0 Å². The minimum atomic E-state index is -0.00796. The first-order valence-electron chi connectivity index (χ1n) is 13.4. The summed E-state index contributed by atoms with van der Waals surface area (Å²) in [4.78, 5) is 0. The maximum atomic E-state index is 2.37. The molecular formula is C37H32. The van der Waals surface area contributed by atoms with Gasteiger partial charge in [0.15, 0.2) is 0 Å². The third kappa shape index (κ3) is 3.15. The Morgan fingerprint density at radius 2 is 1.03 bits per heavy atom. The van der Waals surface area contributed by atoms with E-state index < -0.39 is 0 Å². The third-order valence-corrected chi connectivity index (χ3v) is 8.93. The molecule has 5 aromatic rings. The molecule has 0 radical (unpaired) electrons. The Kier molecular flexibility index (Phi) is 4.70. The lowest BCUT2D eigenvalue weighted by molar-refractivity contribution is 0.660. The van der Waals surface area contributed by atoms with Crippen molar-refractivity contribution >= 4 is 0 Å². The Balaban J connectivity index is 1.26. The fourth-order valence-corrected chi connectivity index (χ4v) is 7.09. The SMILES string of the molecule is CC1(C)c2ccccc2-c2c(Cc3ccc(-c4cccc5c4C(C)(C)c4ccccc4-5)cc3)cccc21. The molecule has 2 aliphatic carbocycles. The number of hydrogen-bond donors (Lipinski definition) is 0. The van der Waals surface area contributed by atoms with Crippen LogP contribution in [-0.2, 0) is 17.3 Å². The standard InChI is InChI=1S/C37H32/c1-36(2)32-17-8-6-13-30(32)34-26(11-9-18-33(34)36)23-24-19-21-25(22-20-24)27-14-10-15-29-28-12-5-7-16-31(28)37(3,4)35(27)29/h5-22H,23H2,1-4H3. The van der Waals surface area contributed by atoms with Gasteiger partial charge in [0, 0.05) is 10.8 Å². The summed E-state index contributed by atoms with van der Waals surface area (Å²) in [5, 5.41) is 0. The van der Waals surface area contributed by atoms with Gasteiger partial charge in [-0.3, -0.25) is 0 Å². The summed E-state index contributed by atoms with van der Waals surface area (Å²) in [5.41, 5.74) is 16.8. The highest BCUT2D eigenvalue weighted by Gasteiger charge is 2.38. The Morgan fingerprint density at radius 3 is 1.78 bits per heavy atom. The van der Waals surface area contributed by atoms with E-state index in [1.54, 1.807) is 0 Å². The van der Waals surface area contributed by atoms with Crippen molar-refractivity contribution in [3.8, 4) is 33.4 Å². The highest BCUT2D eigenvalue weighted by atomic mass is 14.4. The van der Waals surface area contributed by atoms with Gasteiger partial charge in [-0.25, -0.2) is 0 Å². The van der Waals surface area contributed by atoms with Crippen LogP contribution < -0.4 is 0 Å². The molecule has 2 aliphatic rings. The van der Waals surface area contributed by atoms with Crippen molar-refractivity contribution in [2.24, 2.45) is 0 Å². The van der Waals surface area contributed by atoms with E-state index >= 15 is 0 Å². The molecular weight excluding hydrogens is 444 g/mol. The summed E-state index contributed by atoms with van der Waals surface area (Å²) >= 11 is 0. The van der Waals surface area contributed by atoms with Gasteiger partial charge >= 0.3 is 0 Å². The zero-order valence-electron chi connectivity index (χ0n) is 22.1. The van der Waals surface area contributed by atoms with Gasteiger partial charge in [0.05, 0.1) is 0 Å². The molecule has 0 heteroatoms. The van der Waals surface area contributed by atoms with Crippen LogP contribution in [0.25, 0.3) is 33.4 Å². The molecule has 0 unspecified atom stereocenters. The Labute approximate surface area is 220 Å². The summed E-state index contributed by atoms with van der Waals surface area (Å²) in [6.45, 7) is 9.44. The van der Waals surface area contributed by atoms with Crippen LogP contribution in [0.3, 0.4) is 0 Å². The average molecular weight is 477 g/mol. The number of hydrogen-bond acceptors (Lipinski definition) is 0. The molecule has 0 saturated heterocycles. The highest BCUT2D eigenvalue weighted by molar-refractivity contribution is 5.88. The first-order valence-corrected chi connectivity index (χ1v) is 13.4. The van der Waals surface area contributed by atoms with Crippen molar-refractivity contribution < 1.29 is 0 Å². The summed E-state index contributed by atoms with van der Waals surface area (Å²) in [6.07, 6.45) is 0.942. The van der Waals surface area contributed by atoms with Gasteiger partial charge < -0.3 is 0 Å². The fraction of sp³-hybridized carbons (Fsp3) is 0.189. The molecule has 0 atom stereocenters. The molecule has 0 saturated carbocycles. The van der Waals surface area contributed by atoms with Crippen molar-refractivity contribution in [3.05, 3.63) is 143 Å². The molecule has 0 amide bonds. The van der Waals surface area contributed by atoms with E-state index in [2.05, 4.69) is 137 Å². The lowest BCUT2D eigenvalue weighted by atomic mass is 9.79. The highest BCUT2D eigenvalue weighted by Crippen LogP contribution is 2.52. The van der Waals surface area contributed by atoms with E-state index in [0.717, 1.165) is 6.42 Å². The molecule has 5 aromatic carbocycles. The molecule has 180 valence electrons. The molecule has 0 aliphatic heterocycles. The van der Waals surface area contributed by atoms with Crippen LogP contribution >= 0.6 is 0 Å². The summed E-state index contributed by atoms with van der Waals surface area (Å²) in [7, 11) is 0. The second kappa shape index (κ2) is 7.80. The van der Waals surface area contributed by atoms with E-state index in [4.69, 9.17) is 0 Å². The Bertz CT molecular complexity index is 1680. The van der Waals surface area contributed by atoms with Gasteiger partial charge in [0.1, 0.15) is 0 Å². The van der Waals surface area contributed by atoms with Crippen LogP contribution in [0.5, 0.6) is 0 Å². The second-order valence-electron chi connectivity index (χ2n) is 11.8. The van der Waals surface area contributed by atoms with Crippen LogP contribution in [0.4, 0.5) is 0 Å². The average Bonchev–Trinajstić information content (AvgIpc) is 3.30. The van der Waals surface area contributed by atoms with E-state index in [1.807, 2.05) is 0 Å². The van der Waals surface area contributed by atoms with Crippen molar-refractivity contribution in [3.63, 3.8) is 0 Å². The second-order valence-corrected chi connectivity index (χ2v) is 11.8. The first-order chi connectivity index (χ1) is 17.9. The van der Waals surface area contributed by atoms with Crippen LogP contribution in [-0.4, -0.2) is 0 Å². The molecule has 0 spiro atoms. The third-order valence-electron chi connectivity index (χ3n) is 8.93. The molecule has 37 heavy (non-hydrogen) atoms. The maximum absolute atomic E-state index is 2.37. The zero-order valence-corrected chi connectivity index (χ0v) is 22.1. The van der Waals surface area contributed by atoms with Gasteiger partial charge in [-0.1, -0.05) is 137 Å². The van der Waals surface area contributed by atoms with Gasteiger partial charge in [0.2, 0.25) is 0 Å². The number of fused-ring (bicyclic) bond motifs is 6. The first kappa shape index (κ1) is 22.3. The monoisotopic (exact) mass is 476 g/mol. The number of rotatable bonds is 3. The summed E-state index contributed by atoms with van der Waals surface area (Å²) in [6, 6.07) is 40.8. The van der Waals surface area contributed by atoms with E-state index in [-0.39, 0.29) is 10.8 Å². The predicted molar refractivity (Wildman–Crippen MR) is 156 cm³/mol. The molecule has 7 rings (SSSR count). The van der Waals surface area contributed by atoms with Crippen molar-refractivity contribution in [2.45, 2.75) is 44.9 Å². The molecule has 0 heterocycles. The van der Waals surface area contributed by atoms with Crippen LogP contribution in [0.15, 0.2) is 109 Å². The zero-order chi connectivity index (χ0) is 25.4. The molecule has 0 fully saturated rings. The quantitative estimate of drug-likeness (QED) is 0.243. The summed E-state index contributed by atoms with van der Waals surface area (Å²) in [5.74, 6) is 0. The maximum Gasteiger partial charge on any atom is 0.0165 e. The van der Waals surface area contributed by atoms with Gasteiger partial charge in [0.25, 0.3) is 0 Å². The van der Waals surface area contributed by atoms with Crippen LogP contribution in [0.1, 0.15) is 61.1 Å². The van der Waals surface area contributed by atoms with Crippen LogP contribution in [0.2, 0.25) is 0 Å². The van der Waals surface area contributed by atoms with E-state index in [1.165, 1.54) is 66.8 Å². The lowest BCUT2D eigenvalue weighted by Gasteiger charge is -2.24. The fourth-order valence-electron chi connectivity index (χ4n) is 7.09. The normalized spacial score (nSPS) is 15.6. The largest absolute Gasteiger partial charge is 0.0619 e. The van der Waals surface area contributed by atoms with Crippen molar-refractivity contribution in [2.75, 3.05) is 0 Å². The van der Waals surface area contributed by atoms with E-state index in [0.29, 0.717) is 0 Å². The molecule has 0 aromatic heterocycles. The molecule has 0 N–H and O–H groups in total. The molecule has 0 nitrogen and oxygen atoms in total. The Morgan fingerprint density at radius 1 is 0.459 bits per heavy atom. The minimum Gasteiger partial charge on any atom is -0.0619 e. The van der Waals surface area contributed by atoms with Gasteiger partial charge in [-0.05, 0) is 73.2 Å². The topological polar surface area (TPSA) is 0 Å². The molecule has 0 bridgehead atoms. The number of benzene rings is 5. The van der Waals surface area contributed by atoms with Crippen molar-refractivity contribution in [1.29, 1.82) is 0 Å². The van der Waals surface area contributed by atoms with Gasteiger partial charge in [-0.15, -0.1) is 0 Å². The van der Waals surface area contributed by atoms with Crippen LogP contribution in [0, 0.1) is 0 Å². The minimum absolute atomic E-state index is 0.00796. The van der Waals surface area contributed by atoms with Crippen molar-refractivity contribution in [1.82, 2.24) is 0 Å². The lowest BCUT2D eigenvalue weighted by Crippen LogP contribution is -2.16. The predicted octanol–water partition coefficient (Wildman–Crippen LogP) is 9.56. The Hall–Kier alpha value is -3.90. The smallest absolute Gasteiger partial charge is 0.0165 e. The summed E-state index contributed by atoms with van der Waals surface area (Å²) < 4.78 is 0.